The predicted molar refractivity (Wildman–Crippen MR) is 70.1 cm³/mol. The van der Waals surface area contributed by atoms with Gasteiger partial charge in [-0.2, -0.15) is 0 Å². The van der Waals surface area contributed by atoms with E-state index in [-0.39, 0.29) is 0 Å². The zero-order valence-electron chi connectivity index (χ0n) is 12.0. The van der Waals surface area contributed by atoms with E-state index in [4.69, 9.17) is 4.74 Å². The molecule has 4 nitrogen and oxygen atoms in total. The Balaban J connectivity index is 2.42. The van der Waals surface area contributed by atoms with Crippen LogP contribution in [0.25, 0.3) is 0 Å². The van der Waals surface area contributed by atoms with E-state index in [0.29, 0.717) is 12.5 Å². The minimum absolute atomic E-state index is 0.532. The molecule has 0 unspecified atom stereocenters. The van der Waals surface area contributed by atoms with E-state index in [9.17, 15) is 9.59 Å². The zero-order valence-corrected chi connectivity index (χ0v) is 12.0. The van der Waals surface area contributed by atoms with Crippen LogP contribution in [-0.2, 0) is 14.3 Å². The third kappa shape index (κ3) is 5.07. The predicted octanol–water partition coefficient (Wildman–Crippen LogP) is 2.37. The average molecular weight is 255 g/mol. The summed E-state index contributed by atoms with van der Waals surface area (Å²) in [5, 5.41) is 0. The van der Waals surface area contributed by atoms with Gasteiger partial charge in [-0.25, -0.2) is 4.79 Å². The maximum absolute atomic E-state index is 11.8. The Morgan fingerprint density at radius 2 is 1.72 bits per heavy atom. The lowest BCUT2D eigenvalue weighted by Crippen LogP contribution is -2.40. The quantitative estimate of drug-likeness (QED) is 0.562. The van der Waals surface area contributed by atoms with Gasteiger partial charge in [0.15, 0.2) is 0 Å². The molecule has 1 amide bonds. The molecule has 104 valence electrons. The molecule has 0 aliphatic heterocycles. The van der Waals surface area contributed by atoms with E-state index in [2.05, 4.69) is 0 Å². The number of likely N-dealkylation sites (N-methyl/N-ethyl adjacent to an activating group) is 1. The number of hydrogen-bond acceptors (Lipinski definition) is 3. The van der Waals surface area contributed by atoms with Crippen LogP contribution in [0.2, 0.25) is 0 Å². The van der Waals surface area contributed by atoms with Gasteiger partial charge in [0.2, 0.25) is 0 Å². The van der Waals surface area contributed by atoms with Crippen LogP contribution in [0.5, 0.6) is 0 Å². The van der Waals surface area contributed by atoms with E-state index < -0.39 is 17.5 Å². The van der Waals surface area contributed by atoms with Crippen molar-refractivity contribution in [1.82, 2.24) is 4.90 Å². The lowest BCUT2D eigenvalue weighted by Gasteiger charge is -2.27. The summed E-state index contributed by atoms with van der Waals surface area (Å²) < 4.78 is 5.08. The largest absolute Gasteiger partial charge is 0.453 e. The number of carbonyl (C=O) groups excluding carboxylic acids is 2. The highest BCUT2D eigenvalue weighted by Crippen LogP contribution is 2.24. The second-order valence-corrected chi connectivity index (χ2v) is 6.19. The molecule has 18 heavy (non-hydrogen) atoms. The first kappa shape index (κ1) is 15.0. The van der Waals surface area contributed by atoms with Gasteiger partial charge in [0.05, 0.1) is 0 Å². The number of carbonyl (C=O) groups is 2. The SMILES string of the molecule is CN(CC1CCCCC1)C(=O)C(=O)OC(C)(C)C. The first-order valence-corrected chi connectivity index (χ1v) is 6.78. The molecule has 0 saturated heterocycles. The van der Waals surface area contributed by atoms with Gasteiger partial charge in [-0.05, 0) is 39.5 Å². The Kier molecular flexibility index (Phi) is 5.17. The molecule has 1 aliphatic carbocycles. The summed E-state index contributed by atoms with van der Waals surface area (Å²) in [5.74, 6) is -0.744. The standard InChI is InChI=1S/C14H25NO3/c1-14(2,3)18-13(17)12(16)15(4)10-11-8-6-5-7-9-11/h11H,5-10H2,1-4H3. The minimum atomic E-state index is -0.749. The van der Waals surface area contributed by atoms with E-state index in [1.807, 2.05) is 0 Å². The van der Waals surface area contributed by atoms with Crippen LogP contribution in [-0.4, -0.2) is 36.0 Å². The minimum Gasteiger partial charge on any atom is -0.453 e. The molecule has 0 aromatic rings. The highest BCUT2D eigenvalue weighted by Gasteiger charge is 2.27. The van der Waals surface area contributed by atoms with Crippen LogP contribution in [0.3, 0.4) is 0 Å². The molecule has 0 spiro atoms. The van der Waals surface area contributed by atoms with Crippen LogP contribution in [0.4, 0.5) is 0 Å². The number of rotatable bonds is 2. The average Bonchev–Trinajstić information content (AvgIpc) is 2.27. The Labute approximate surface area is 110 Å². The third-order valence-electron chi connectivity index (χ3n) is 3.18. The van der Waals surface area contributed by atoms with Crippen molar-refractivity contribution < 1.29 is 14.3 Å². The van der Waals surface area contributed by atoms with Gasteiger partial charge in [-0.1, -0.05) is 19.3 Å². The molecule has 0 atom stereocenters. The van der Waals surface area contributed by atoms with Crippen molar-refractivity contribution in [2.24, 2.45) is 5.92 Å². The summed E-state index contributed by atoms with van der Waals surface area (Å²) in [7, 11) is 1.68. The number of amides is 1. The fraction of sp³-hybridized carbons (Fsp3) is 0.857. The third-order valence-corrected chi connectivity index (χ3v) is 3.18. The van der Waals surface area contributed by atoms with Crippen molar-refractivity contribution in [2.45, 2.75) is 58.5 Å². The number of nitrogens with zero attached hydrogens (tertiary/aromatic N) is 1. The maximum atomic E-state index is 11.8. The number of ether oxygens (including phenoxy) is 1. The normalized spacial score (nSPS) is 17.3. The maximum Gasteiger partial charge on any atom is 0.397 e. The smallest absolute Gasteiger partial charge is 0.397 e. The molecular weight excluding hydrogens is 230 g/mol. The van der Waals surface area contributed by atoms with Crippen molar-refractivity contribution in [3.63, 3.8) is 0 Å². The van der Waals surface area contributed by atoms with E-state index in [1.165, 1.54) is 24.2 Å². The van der Waals surface area contributed by atoms with E-state index in [0.717, 1.165) is 12.8 Å². The fourth-order valence-electron chi connectivity index (χ4n) is 2.32. The molecule has 0 bridgehead atoms. The van der Waals surface area contributed by atoms with Gasteiger partial charge in [0.1, 0.15) is 5.60 Å². The number of esters is 1. The summed E-state index contributed by atoms with van der Waals surface area (Å²) >= 11 is 0. The lowest BCUT2D eigenvalue weighted by atomic mass is 9.89. The van der Waals surface area contributed by atoms with Gasteiger partial charge in [-0.3, -0.25) is 4.79 Å². The Hall–Kier alpha value is -1.06. The Bertz CT molecular complexity index is 301. The van der Waals surface area contributed by atoms with Crippen LogP contribution in [0.15, 0.2) is 0 Å². The second kappa shape index (κ2) is 6.21. The Morgan fingerprint density at radius 1 is 1.17 bits per heavy atom. The highest BCUT2D eigenvalue weighted by atomic mass is 16.6. The molecule has 0 N–H and O–H groups in total. The summed E-state index contributed by atoms with van der Waals surface area (Å²) in [5.41, 5.74) is -0.613. The summed E-state index contributed by atoms with van der Waals surface area (Å²) in [4.78, 5) is 25.0. The van der Waals surface area contributed by atoms with Gasteiger partial charge >= 0.3 is 11.9 Å². The molecule has 1 aliphatic rings. The molecule has 0 radical (unpaired) electrons. The topological polar surface area (TPSA) is 46.6 Å². The van der Waals surface area contributed by atoms with Crippen LogP contribution < -0.4 is 0 Å². The summed E-state index contributed by atoms with van der Waals surface area (Å²) in [6, 6.07) is 0. The van der Waals surface area contributed by atoms with Gasteiger partial charge in [0.25, 0.3) is 0 Å². The summed E-state index contributed by atoms with van der Waals surface area (Å²) in [6.07, 6.45) is 6.08. The van der Waals surface area contributed by atoms with E-state index in [1.54, 1.807) is 27.8 Å². The zero-order chi connectivity index (χ0) is 13.8. The van der Waals surface area contributed by atoms with Crippen molar-refractivity contribution >= 4 is 11.9 Å². The van der Waals surface area contributed by atoms with Crippen molar-refractivity contribution in [1.29, 1.82) is 0 Å². The van der Waals surface area contributed by atoms with Gasteiger partial charge in [-0.15, -0.1) is 0 Å². The van der Waals surface area contributed by atoms with Gasteiger partial charge < -0.3 is 9.64 Å². The highest BCUT2D eigenvalue weighted by molar-refractivity contribution is 6.32. The van der Waals surface area contributed by atoms with Gasteiger partial charge in [0, 0.05) is 13.6 Å². The van der Waals surface area contributed by atoms with Crippen LogP contribution in [0, 0.1) is 5.92 Å². The van der Waals surface area contributed by atoms with Crippen molar-refractivity contribution in [3.8, 4) is 0 Å². The molecule has 0 aromatic carbocycles. The molecule has 4 heteroatoms. The molecule has 1 fully saturated rings. The van der Waals surface area contributed by atoms with Crippen molar-refractivity contribution in [2.75, 3.05) is 13.6 Å². The molecule has 0 heterocycles. The monoisotopic (exact) mass is 255 g/mol. The first-order chi connectivity index (χ1) is 8.29. The molecule has 1 rings (SSSR count). The van der Waals surface area contributed by atoms with E-state index >= 15 is 0 Å². The number of hydrogen-bond donors (Lipinski definition) is 0. The second-order valence-electron chi connectivity index (χ2n) is 6.19. The molecule has 1 saturated carbocycles. The van der Waals surface area contributed by atoms with Crippen LogP contribution in [0.1, 0.15) is 52.9 Å². The lowest BCUT2D eigenvalue weighted by molar-refractivity contribution is -0.167. The fourth-order valence-corrected chi connectivity index (χ4v) is 2.32. The Morgan fingerprint density at radius 3 is 2.22 bits per heavy atom. The van der Waals surface area contributed by atoms with Crippen LogP contribution >= 0.6 is 0 Å². The molecule has 0 aromatic heterocycles. The molecular formula is C14H25NO3. The van der Waals surface area contributed by atoms with Crippen molar-refractivity contribution in [3.05, 3.63) is 0 Å². The summed E-state index contributed by atoms with van der Waals surface area (Å²) in [6.45, 7) is 5.95. The first-order valence-electron chi connectivity index (χ1n) is 6.78.